The summed E-state index contributed by atoms with van der Waals surface area (Å²) in [6.45, 7) is 11.8. The van der Waals surface area contributed by atoms with Crippen LogP contribution >= 0.6 is 0 Å². The molecule has 20 heavy (non-hydrogen) atoms. The first-order valence-electron chi connectivity index (χ1n) is 7.40. The number of aryl methyl sites for hydroxylation is 1. The molecule has 3 aliphatic heterocycles. The highest BCUT2D eigenvalue weighted by Crippen LogP contribution is 2.27. The summed E-state index contributed by atoms with van der Waals surface area (Å²) in [7, 11) is 2.43. The van der Waals surface area contributed by atoms with Gasteiger partial charge in [-0.05, 0) is 12.0 Å². The highest BCUT2D eigenvalue weighted by atomic mass is 15.5. The first-order chi connectivity index (χ1) is 8.63. The fourth-order valence-corrected chi connectivity index (χ4v) is 3.54. The molecule has 0 aromatic heterocycles. The zero-order chi connectivity index (χ0) is 12.6. The van der Waals surface area contributed by atoms with Crippen LogP contribution in [0.4, 0.5) is 0 Å². The number of quaternary nitrogens is 2. The number of hydrogen-bond donors (Lipinski definition) is 0. The molecule has 4 rings (SSSR count). The lowest BCUT2D eigenvalue weighted by atomic mass is 10.0. The highest BCUT2D eigenvalue weighted by molar-refractivity contribution is 5.21. The van der Waals surface area contributed by atoms with Gasteiger partial charge >= 0.3 is 0 Å². The maximum atomic E-state index is 2.43. The molecule has 2 nitrogen and oxygen atoms in total. The Balaban J connectivity index is 0.000001000. The summed E-state index contributed by atoms with van der Waals surface area (Å²) in [5.74, 6) is 0. The van der Waals surface area contributed by atoms with E-state index in [0.717, 1.165) is 6.42 Å². The standard InChI is InChI=1S/C16H26N2.2CH4/c1-3-15-4-6-16(7-5-15)14-18-11-8-17(2,9-12-18)10-13-18;;/h4-7H,3,8-14H2,1-2H3;2*1H4/q+2;;. The lowest BCUT2D eigenvalue weighted by Gasteiger charge is -2.54. The Hall–Kier alpha value is -0.860. The molecule has 2 heteroatoms. The Labute approximate surface area is 126 Å². The molecule has 0 unspecified atom stereocenters. The Bertz CT molecular complexity index is 397. The topological polar surface area (TPSA) is 0 Å². The summed E-state index contributed by atoms with van der Waals surface area (Å²) in [6.07, 6.45) is 1.15. The monoisotopic (exact) mass is 278 g/mol. The molecule has 114 valence electrons. The zero-order valence-electron chi connectivity index (χ0n) is 11.9. The molecule has 2 bridgehead atoms. The largest absolute Gasteiger partial charge is 0.312 e. The molecular weight excluding hydrogens is 244 g/mol. The van der Waals surface area contributed by atoms with E-state index in [4.69, 9.17) is 0 Å². The van der Waals surface area contributed by atoms with Gasteiger partial charge < -0.3 is 8.97 Å². The summed E-state index contributed by atoms with van der Waals surface area (Å²) >= 11 is 0. The normalized spacial score (nSPS) is 31.3. The molecular formula is C18H34N2+2. The van der Waals surface area contributed by atoms with E-state index >= 15 is 0 Å². The van der Waals surface area contributed by atoms with Crippen molar-refractivity contribution in [3.8, 4) is 0 Å². The summed E-state index contributed by atoms with van der Waals surface area (Å²) < 4.78 is 2.67. The van der Waals surface area contributed by atoms with Gasteiger partial charge in [-0.25, -0.2) is 0 Å². The predicted molar refractivity (Wildman–Crippen MR) is 88.6 cm³/mol. The van der Waals surface area contributed by atoms with Crippen molar-refractivity contribution in [3.05, 3.63) is 35.4 Å². The van der Waals surface area contributed by atoms with Crippen molar-refractivity contribution in [2.45, 2.75) is 34.7 Å². The van der Waals surface area contributed by atoms with Gasteiger partial charge in [0, 0.05) is 5.56 Å². The number of fused-ring (bicyclic) bond motifs is 3. The van der Waals surface area contributed by atoms with Crippen LogP contribution in [0.2, 0.25) is 0 Å². The molecule has 3 heterocycles. The lowest BCUT2D eigenvalue weighted by molar-refractivity contribution is -1.08. The number of likely N-dealkylation sites (N-methyl/N-ethyl adjacent to an activating group) is 1. The Morgan fingerprint density at radius 1 is 0.800 bits per heavy atom. The smallest absolute Gasteiger partial charge is 0.129 e. The Kier molecular flexibility index (Phi) is 5.39. The summed E-state index contributed by atoms with van der Waals surface area (Å²) in [5.41, 5.74) is 2.99. The average Bonchev–Trinajstić information content (AvgIpc) is 2.42. The van der Waals surface area contributed by atoms with Crippen molar-refractivity contribution < 1.29 is 8.97 Å². The lowest BCUT2D eigenvalue weighted by Crippen LogP contribution is -2.73. The first kappa shape index (κ1) is 17.2. The molecule has 3 saturated heterocycles. The maximum absolute atomic E-state index is 2.43. The van der Waals surface area contributed by atoms with E-state index < -0.39 is 0 Å². The molecule has 0 aliphatic carbocycles. The molecule has 3 aliphatic rings. The van der Waals surface area contributed by atoms with Crippen molar-refractivity contribution in [1.29, 1.82) is 0 Å². The van der Waals surface area contributed by atoms with Crippen LogP contribution in [0, 0.1) is 0 Å². The van der Waals surface area contributed by atoms with Crippen LogP contribution < -0.4 is 0 Å². The van der Waals surface area contributed by atoms with Crippen LogP contribution in [0.5, 0.6) is 0 Å². The first-order valence-corrected chi connectivity index (χ1v) is 7.40. The van der Waals surface area contributed by atoms with Crippen molar-refractivity contribution in [1.82, 2.24) is 0 Å². The van der Waals surface area contributed by atoms with E-state index in [1.807, 2.05) is 0 Å². The van der Waals surface area contributed by atoms with Crippen LogP contribution in [0.1, 0.15) is 32.9 Å². The fraction of sp³-hybridized carbons (Fsp3) is 0.667. The second-order valence-corrected chi connectivity index (χ2v) is 6.63. The van der Waals surface area contributed by atoms with Crippen LogP contribution in [0.3, 0.4) is 0 Å². The summed E-state index contributed by atoms with van der Waals surface area (Å²) in [6, 6.07) is 9.32. The van der Waals surface area contributed by atoms with E-state index in [9.17, 15) is 0 Å². The van der Waals surface area contributed by atoms with Gasteiger partial charge in [0.2, 0.25) is 0 Å². The zero-order valence-corrected chi connectivity index (χ0v) is 11.9. The van der Waals surface area contributed by atoms with E-state index in [1.54, 1.807) is 0 Å². The third-order valence-electron chi connectivity index (χ3n) is 5.29. The Morgan fingerprint density at radius 3 is 1.70 bits per heavy atom. The number of rotatable bonds is 3. The van der Waals surface area contributed by atoms with Crippen molar-refractivity contribution in [3.63, 3.8) is 0 Å². The fourth-order valence-electron chi connectivity index (χ4n) is 3.54. The number of hydrogen-bond acceptors (Lipinski definition) is 0. The molecule has 0 radical (unpaired) electrons. The Morgan fingerprint density at radius 2 is 1.25 bits per heavy atom. The van der Waals surface area contributed by atoms with E-state index in [-0.39, 0.29) is 14.9 Å². The average molecular weight is 278 g/mol. The highest BCUT2D eigenvalue weighted by Gasteiger charge is 2.46. The van der Waals surface area contributed by atoms with Gasteiger partial charge in [0.25, 0.3) is 0 Å². The molecule has 3 fully saturated rings. The van der Waals surface area contributed by atoms with Crippen LogP contribution in [-0.2, 0) is 13.0 Å². The van der Waals surface area contributed by atoms with Gasteiger partial charge in [0.1, 0.15) is 45.8 Å². The number of benzene rings is 1. The van der Waals surface area contributed by atoms with Crippen molar-refractivity contribution >= 4 is 0 Å². The molecule has 1 aromatic carbocycles. The van der Waals surface area contributed by atoms with Crippen LogP contribution in [0.15, 0.2) is 24.3 Å². The number of nitrogens with zero attached hydrogens (tertiary/aromatic N) is 2. The second-order valence-electron chi connectivity index (χ2n) is 6.63. The van der Waals surface area contributed by atoms with Crippen molar-refractivity contribution in [2.24, 2.45) is 0 Å². The number of piperazine rings is 3. The van der Waals surface area contributed by atoms with Crippen LogP contribution in [0.25, 0.3) is 0 Å². The van der Waals surface area contributed by atoms with E-state index in [0.29, 0.717) is 0 Å². The van der Waals surface area contributed by atoms with Crippen LogP contribution in [-0.4, -0.2) is 55.3 Å². The van der Waals surface area contributed by atoms with Gasteiger partial charge in [-0.3, -0.25) is 0 Å². The van der Waals surface area contributed by atoms with E-state index in [1.165, 1.54) is 65.9 Å². The summed E-state index contributed by atoms with van der Waals surface area (Å²) in [5, 5.41) is 0. The van der Waals surface area contributed by atoms with E-state index in [2.05, 4.69) is 38.2 Å². The minimum Gasteiger partial charge on any atom is -0.312 e. The molecule has 0 amide bonds. The third kappa shape index (κ3) is 3.24. The molecule has 0 atom stereocenters. The minimum atomic E-state index is 0. The van der Waals surface area contributed by atoms with Gasteiger partial charge in [0.05, 0.1) is 7.05 Å². The molecule has 0 spiro atoms. The maximum Gasteiger partial charge on any atom is 0.129 e. The van der Waals surface area contributed by atoms with Gasteiger partial charge in [0.15, 0.2) is 0 Å². The van der Waals surface area contributed by atoms with Gasteiger partial charge in [-0.1, -0.05) is 46.0 Å². The molecule has 0 saturated carbocycles. The molecule has 0 N–H and O–H groups in total. The SMILES string of the molecule is C.C.CCc1ccc(C[N+]23CC[N+](C)(CC2)CC3)cc1. The minimum absolute atomic E-state index is 0. The predicted octanol–water partition coefficient (Wildman–Crippen LogP) is 3.31. The third-order valence-corrected chi connectivity index (χ3v) is 5.29. The van der Waals surface area contributed by atoms with Crippen molar-refractivity contribution in [2.75, 3.05) is 46.3 Å². The van der Waals surface area contributed by atoms with Gasteiger partial charge in [-0.2, -0.15) is 0 Å². The quantitative estimate of drug-likeness (QED) is 0.744. The van der Waals surface area contributed by atoms with Gasteiger partial charge in [-0.15, -0.1) is 0 Å². The summed E-state index contributed by atoms with van der Waals surface area (Å²) in [4.78, 5) is 0. The second kappa shape index (κ2) is 6.28. The molecule has 1 aromatic rings.